The number of aryl methyl sites for hydroxylation is 1. The first-order valence-corrected chi connectivity index (χ1v) is 8.36. The molecule has 128 valence electrons. The molecule has 2 atom stereocenters. The van der Waals surface area contributed by atoms with E-state index in [9.17, 15) is 4.79 Å². The second-order valence-electron chi connectivity index (χ2n) is 6.57. The molecule has 24 heavy (non-hydrogen) atoms. The molecule has 1 aromatic heterocycles. The SMILES string of the molecule is Cc1nc([C@@H]2CCCN(C(=O)[C@H](c3ccccc3)N(C)C)C2)no1. The zero-order valence-corrected chi connectivity index (χ0v) is 14.5. The molecular weight excluding hydrogens is 304 g/mol. The third-order valence-electron chi connectivity index (χ3n) is 4.51. The number of carbonyl (C=O) groups is 1. The molecule has 0 radical (unpaired) electrons. The van der Waals surface area contributed by atoms with Gasteiger partial charge in [-0.15, -0.1) is 0 Å². The average molecular weight is 328 g/mol. The maximum atomic E-state index is 13.1. The lowest BCUT2D eigenvalue weighted by Crippen LogP contribution is -2.45. The molecule has 6 nitrogen and oxygen atoms in total. The van der Waals surface area contributed by atoms with Crippen molar-refractivity contribution in [1.82, 2.24) is 19.9 Å². The summed E-state index contributed by atoms with van der Waals surface area (Å²) in [5.74, 6) is 1.57. The molecule has 1 aromatic carbocycles. The van der Waals surface area contributed by atoms with Crippen molar-refractivity contribution in [1.29, 1.82) is 0 Å². The lowest BCUT2D eigenvalue weighted by molar-refractivity contribution is -0.137. The van der Waals surface area contributed by atoms with E-state index in [0.29, 0.717) is 18.3 Å². The van der Waals surface area contributed by atoms with Gasteiger partial charge in [0.25, 0.3) is 0 Å². The number of benzene rings is 1. The summed E-state index contributed by atoms with van der Waals surface area (Å²) in [6.07, 6.45) is 1.94. The Balaban J connectivity index is 1.77. The van der Waals surface area contributed by atoms with E-state index in [4.69, 9.17) is 4.52 Å². The Hall–Kier alpha value is -2.21. The molecule has 0 aliphatic carbocycles. The van der Waals surface area contributed by atoms with Crippen LogP contribution < -0.4 is 0 Å². The minimum Gasteiger partial charge on any atom is -0.340 e. The molecule has 1 aliphatic rings. The Morgan fingerprint density at radius 1 is 1.33 bits per heavy atom. The van der Waals surface area contributed by atoms with Gasteiger partial charge in [-0.05, 0) is 32.5 Å². The average Bonchev–Trinajstić information content (AvgIpc) is 3.02. The van der Waals surface area contributed by atoms with E-state index < -0.39 is 0 Å². The Bertz CT molecular complexity index is 683. The van der Waals surface area contributed by atoms with Gasteiger partial charge in [-0.25, -0.2) is 0 Å². The summed E-state index contributed by atoms with van der Waals surface area (Å²) in [6.45, 7) is 3.22. The number of piperidine rings is 1. The number of amides is 1. The van der Waals surface area contributed by atoms with Gasteiger partial charge in [0.2, 0.25) is 11.8 Å². The first-order valence-electron chi connectivity index (χ1n) is 8.36. The normalized spacial score (nSPS) is 19.5. The number of carbonyl (C=O) groups excluding carboxylic acids is 1. The summed E-state index contributed by atoms with van der Waals surface area (Å²) in [4.78, 5) is 21.4. The number of likely N-dealkylation sites (N-methyl/N-ethyl adjacent to an activating group) is 1. The highest BCUT2D eigenvalue weighted by molar-refractivity contribution is 5.83. The third kappa shape index (κ3) is 3.48. The summed E-state index contributed by atoms with van der Waals surface area (Å²) < 4.78 is 5.10. The van der Waals surface area contributed by atoms with Crippen LogP contribution in [0.15, 0.2) is 34.9 Å². The molecule has 0 N–H and O–H groups in total. The van der Waals surface area contributed by atoms with Gasteiger partial charge in [0.15, 0.2) is 5.82 Å². The first kappa shape index (κ1) is 16.6. The molecular formula is C18H24N4O2. The number of nitrogens with zero attached hydrogens (tertiary/aromatic N) is 4. The van der Waals surface area contributed by atoms with Crippen molar-refractivity contribution >= 4 is 5.91 Å². The molecule has 1 saturated heterocycles. The second kappa shape index (κ2) is 7.13. The largest absolute Gasteiger partial charge is 0.340 e. The van der Waals surface area contributed by atoms with Crippen molar-refractivity contribution < 1.29 is 9.32 Å². The number of likely N-dealkylation sites (tertiary alicyclic amines) is 1. The Morgan fingerprint density at radius 3 is 2.71 bits per heavy atom. The van der Waals surface area contributed by atoms with Crippen molar-refractivity contribution in [2.24, 2.45) is 0 Å². The monoisotopic (exact) mass is 328 g/mol. The number of rotatable bonds is 4. The fourth-order valence-corrected chi connectivity index (χ4v) is 3.34. The van der Waals surface area contributed by atoms with Crippen molar-refractivity contribution in [2.75, 3.05) is 27.2 Å². The fourth-order valence-electron chi connectivity index (χ4n) is 3.34. The van der Waals surface area contributed by atoms with Crippen LogP contribution in [0.2, 0.25) is 0 Å². The van der Waals surface area contributed by atoms with Crippen LogP contribution in [-0.4, -0.2) is 53.0 Å². The maximum Gasteiger partial charge on any atom is 0.244 e. The molecule has 0 unspecified atom stereocenters. The minimum absolute atomic E-state index is 0.135. The van der Waals surface area contributed by atoms with E-state index in [1.165, 1.54) is 0 Å². The molecule has 2 aromatic rings. The highest BCUT2D eigenvalue weighted by Crippen LogP contribution is 2.28. The van der Waals surface area contributed by atoms with Gasteiger partial charge in [0.05, 0.1) is 0 Å². The molecule has 0 spiro atoms. The Kier molecular flexibility index (Phi) is 4.94. The van der Waals surface area contributed by atoms with Gasteiger partial charge < -0.3 is 9.42 Å². The molecule has 1 fully saturated rings. The van der Waals surface area contributed by atoms with Gasteiger partial charge in [0.1, 0.15) is 6.04 Å². The van der Waals surface area contributed by atoms with E-state index in [0.717, 1.165) is 24.9 Å². The van der Waals surface area contributed by atoms with E-state index in [1.54, 1.807) is 6.92 Å². The Morgan fingerprint density at radius 2 is 2.08 bits per heavy atom. The molecule has 6 heteroatoms. The summed E-state index contributed by atoms with van der Waals surface area (Å²) in [5, 5.41) is 4.04. The van der Waals surface area contributed by atoms with Crippen LogP contribution in [0.1, 0.15) is 42.1 Å². The summed E-state index contributed by atoms with van der Waals surface area (Å²) in [5.41, 5.74) is 1.02. The molecule has 0 saturated carbocycles. The van der Waals surface area contributed by atoms with E-state index >= 15 is 0 Å². The molecule has 2 heterocycles. The van der Waals surface area contributed by atoms with E-state index in [2.05, 4.69) is 10.1 Å². The topological polar surface area (TPSA) is 62.5 Å². The smallest absolute Gasteiger partial charge is 0.244 e. The maximum absolute atomic E-state index is 13.1. The molecule has 1 aliphatic heterocycles. The van der Waals surface area contributed by atoms with Crippen LogP contribution in [0.25, 0.3) is 0 Å². The summed E-state index contributed by atoms with van der Waals surface area (Å²) >= 11 is 0. The van der Waals surface area contributed by atoms with E-state index in [-0.39, 0.29) is 17.9 Å². The Labute approximate surface area is 142 Å². The van der Waals surface area contributed by atoms with E-state index in [1.807, 2.05) is 54.2 Å². The summed E-state index contributed by atoms with van der Waals surface area (Å²) in [6, 6.07) is 9.66. The van der Waals surface area contributed by atoms with Crippen molar-refractivity contribution in [3.8, 4) is 0 Å². The van der Waals surface area contributed by atoms with Crippen LogP contribution >= 0.6 is 0 Å². The van der Waals surface area contributed by atoms with Crippen LogP contribution in [0.3, 0.4) is 0 Å². The van der Waals surface area contributed by atoms with Gasteiger partial charge in [-0.2, -0.15) is 4.98 Å². The summed E-state index contributed by atoms with van der Waals surface area (Å²) in [7, 11) is 3.89. The predicted molar refractivity (Wildman–Crippen MR) is 90.5 cm³/mol. The lowest BCUT2D eigenvalue weighted by Gasteiger charge is -2.35. The van der Waals surface area contributed by atoms with Crippen LogP contribution in [0.4, 0.5) is 0 Å². The van der Waals surface area contributed by atoms with Crippen molar-refractivity contribution in [3.63, 3.8) is 0 Å². The highest BCUT2D eigenvalue weighted by atomic mass is 16.5. The predicted octanol–water partition coefficient (Wildman–Crippen LogP) is 2.39. The lowest BCUT2D eigenvalue weighted by atomic mass is 9.95. The molecule has 3 rings (SSSR count). The van der Waals surface area contributed by atoms with Crippen molar-refractivity contribution in [2.45, 2.75) is 31.7 Å². The van der Waals surface area contributed by atoms with Crippen LogP contribution in [0.5, 0.6) is 0 Å². The first-order chi connectivity index (χ1) is 11.6. The standard InChI is InChI=1S/C18H24N4O2/c1-13-19-17(20-24-13)15-10-7-11-22(12-15)18(23)16(21(2)3)14-8-5-4-6-9-14/h4-6,8-9,15-16H,7,10-12H2,1-3H3/t15-,16+/m1/s1. The van der Waals surface area contributed by atoms with Gasteiger partial charge in [-0.3, -0.25) is 9.69 Å². The highest BCUT2D eigenvalue weighted by Gasteiger charge is 2.33. The van der Waals surface area contributed by atoms with Crippen LogP contribution in [0, 0.1) is 6.92 Å². The zero-order chi connectivity index (χ0) is 17.1. The zero-order valence-electron chi connectivity index (χ0n) is 14.5. The molecule has 0 bridgehead atoms. The van der Waals surface area contributed by atoms with Crippen LogP contribution in [-0.2, 0) is 4.79 Å². The van der Waals surface area contributed by atoms with Gasteiger partial charge >= 0.3 is 0 Å². The minimum atomic E-state index is -0.267. The number of hydrogen-bond donors (Lipinski definition) is 0. The van der Waals surface area contributed by atoms with Gasteiger partial charge in [-0.1, -0.05) is 35.5 Å². The van der Waals surface area contributed by atoms with Crippen molar-refractivity contribution in [3.05, 3.63) is 47.6 Å². The molecule has 1 amide bonds. The quantitative estimate of drug-likeness (QED) is 0.862. The number of hydrogen-bond acceptors (Lipinski definition) is 5. The third-order valence-corrected chi connectivity index (χ3v) is 4.51. The second-order valence-corrected chi connectivity index (χ2v) is 6.57. The van der Waals surface area contributed by atoms with Gasteiger partial charge in [0, 0.05) is 25.9 Å². The number of aromatic nitrogens is 2. The fraction of sp³-hybridized carbons (Fsp3) is 0.500.